The maximum absolute atomic E-state index is 12.1. The normalized spacial score (nSPS) is 11.7. The lowest BCUT2D eigenvalue weighted by atomic mass is 10.1. The molecule has 0 aliphatic carbocycles. The zero-order chi connectivity index (χ0) is 17.0. The van der Waals surface area contributed by atoms with Crippen molar-refractivity contribution in [2.24, 2.45) is 0 Å². The summed E-state index contributed by atoms with van der Waals surface area (Å²) in [5, 5.41) is 18.0. The van der Waals surface area contributed by atoms with Crippen molar-refractivity contribution >= 4 is 23.0 Å². The van der Waals surface area contributed by atoms with Crippen LogP contribution >= 0.6 is 0 Å². The summed E-state index contributed by atoms with van der Waals surface area (Å²) in [6.07, 6.45) is 0. The summed E-state index contributed by atoms with van der Waals surface area (Å²) in [5.41, 5.74) is 1.30. The van der Waals surface area contributed by atoms with Gasteiger partial charge in [-0.05, 0) is 36.2 Å². The van der Waals surface area contributed by atoms with E-state index in [1.54, 1.807) is 0 Å². The lowest BCUT2D eigenvalue weighted by molar-refractivity contribution is 0.0696. The van der Waals surface area contributed by atoms with Gasteiger partial charge < -0.3 is 14.4 Å². The van der Waals surface area contributed by atoms with E-state index in [2.05, 4.69) is 0 Å². The molecule has 2 aromatic carbocycles. The molecule has 2 aromatic rings. The van der Waals surface area contributed by atoms with Gasteiger partial charge in [-0.2, -0.15) is 0 Å². The van der Waals surface area contributed by atoms with Gasteiger partial charge in [-0.25, -0.2) is 13.8 Å². The first kappa shape index (κ1) is 16.7. The number of aromatic carboxylic acids is 2. The van der Waals surface area contributed by atoms with Gasteiger partial charge in [-0.3, -0.25) is 0 Å². The van der Waals surface area contributed by atoms with Crippen LogP contribution in [-0.2, 0) is 16.8 Å². The third kappa shape index (κ3) is 4.40. The fraction of sp³-hybridized carbons (Fsp3) is 0.125. The minimum atomic E-state index is -1.76. The molecule has 7 heteroatoms. The molecule has 0 aromatic heterocycles. The highest BCUT2D eigenvalue weighted by molar-refractivity contribution is 7.79. The number of carbonyl (C=O) groups is 2. The molecule has 0 aliphatic heterocycles. The van der Waals surface area contributed by atoms with Gasteiger partial charge in [0.05, 0.1) is 16.9 Å². The molecular formula is C16H14O6S. The van der Waals surface area contributed by atoms with Crippen LogP contribution in [0.5, 0.6) is 5.75 Å². The number of rotatable bonds is 6. The van der Waals surface area contributed by atoms with Gasteiger partial charge in [0.15, 0.2) is 0 Å². The third-order valence-electron chi connectivity index (χ3n) is 3.12. The molecule has 2 rings (SSSR count). The predicted molar refractivity (Wildman–Crippen MR) is 84.0 cm³/mol. The van der Waals surface area contributed by atoms with Gasteiger partial charge in [0.25, 0.3) is 0 Å². The van der Waals surface area contributed by atoms with Crippen molar-refractivity contribution in [3.8, 4) is 5.75 Å². The maximum Gasteiger partial charge on any atom is 0.335 e. The number of carboxylic acid groups (broad SMARTS) is 2. The van der Waals surface area contributed by atoms with Crippen LogP contribution < -0.4 is 4.18 Å². The molecule has 0 spiro atoms. The summed E-state index contributed by atoms with van der Waals surface area (Å²) < 4.78 is 17.3. The Labute approximate surface area is 135 Å². The lowest BCUT2D eigenvalue weighted by Crippen LogP contribution is -2.08. The van der Waals surface area contributed by atoms with Crippen LogP contribution in [0.15, 0.2) is 42.5 Å². The number of hydrogen-bond donors (Lipinski definition) is 2. The van der Waals surface area contributed by atoms with E-state index in [1.807, 2.05) is 31.2 Å². The number of hydrogen-bond acceptors (Lipinski definition) is 4. The Morgan fingerprint density at radius 2 is 1.61 bits per heavy atom. The van der Waals surface area contributed by atoms with Crippen LogP contribution in [0.3, 0.4) is 0 Å². The van der Waals surface area contributed by atoms with Crippen LogP contribution in [-0.4, -0.2) is 26.4 Å². The van der Waals surface area contributed by atoms with Crippen molar-refractivity contribution in [1.29, 1.82) is 0 Å². The standard InChI is InChI=1S/C16H14O6S/c1-10-4-2-3-5-11(10)9-23(21)22-14-7-12(15(17)18)6-13(8-14)16(19)20/h2-8H,9H2,1H3,(H,17,18)(H,19,20). The highest BCUT2D eigenvalue weighted by Gasteiger charge is 2.14. The van der Waals surface area contributed by atoms with E-state index in [1.165, 1.54) is 0 Å². The average Bonchev–Trinajstić information content (AvgIpc) is 2.49. The molecule has 0 bridgehead atoms. The Bertz CT molecular complexity index is 752. The summed E-state index contributed by atoms with van der Waals surface area (Å²) in [7, 11) is 0. The summed E-state index contributed by atoms with van der Waals surface area (Å²) in [5.74, 6) is -2.52. The zero-order valence-corrected chi connectivity index (χ0v) is 13.0. The van der Waals surface area contributed by atoms with E-state index < -0.39 is 23.0 Å². The lowest BCUT2D eigenvalue weighted by Gasteiger charge is -2.08. The van der Waals surface area contributed by atoms with E-state index in [0.717, 1.165) is 29.3 Å². The number of aryl methyl sites for hydroxylation is 1. The first-order valence-corrected chi connectivity index (χ1v) is 7.84. The largest absolute Gasteiger partial charge is 0.478 e. The van der Waals surface area contributed by atoms with Gasteiger partial charge in [-0.15, -0.1) is 0 Å². The molecule has 23 heavy (non-hydrogen) atoms. The molecule has 2 N–H and O–H groups in total. The van der Waals surface area contributed by atoms with Crippen molar-refractivity contribution in [2.45, 2.75) is 12.7 Å². The highest BCUT2D eigenvalue weighted by atomic mass is 32.2. The second kappa shape index (κ2) is 7.06. The summed E-state index contributed by atoms with van der Waals surface area (Å²) in [6, 6.07) is 10.7. The van der Waals surface area contributed by atoms with Crippen molar-refractivity contribution in [1.82, 2.24) is 0 Å². The van der Waals surface area contributed by atoms with E-state index in [-0.39, 0.29) is 22.6 Å². The third-order valence-corrected chi connectivity index (χ3v) is 4.05. The fourth-order valence-electron chi connectivity index (χ4n) is 1.93. The Morgan fingerprint density at radius 1 is 1.04 bits per heavy atom. The molecule has 0 saturated carbocycles. The van der Waals surface area contributed by atoms with E-state index in [0.29, 0.717) is 0 Å². The van der Waals surface area contributed by atoms with Crippen molar-refractivity contribution in [3.05, 3.63) is 64.7 Å². The second-order valence-electron chi connectivity index (χ2n) is 4.81. The van der Waals surface area contributed by atoms with Crippen LogP contribution in [0.4, 0.5) is 0 Å². The monoisotopic (exact) mass is 334 g/mol. The summed E-state index contributed by atoms with van der Waals surface area (Å²) >= 11 is -1.76. The molecule has 0 heterocycles. The Morgan fingerprint density at radius 3 is 2.13 bits per heavy atom. The van der Waals surface area contributed by atoms with E-state index >= 15 is 0 Å². The second-order valence-corrected chi connectivity index (χ2v) is 5.88. The Kier molecular flexibility index (Phi) is 5.13. The van der Waals surface area contributed by atoms with Gasteiger partial charge >= 0.3 is 11.9 Å². The zero-order valence-electron chi connectivity index (χ0n) is 12.2. The fourth-order valence-corrected chi connectivity index (χ4v) is 2.88. The van der Waals surface area contributed by atoms with Crippen LogP contribution in [0.25, 0.3) is 0 Å². The maximum atomic E-state index is 12.1. The minimum Gasteiger partial charge on any atom is -0.478 e. The van der Waals surface area contributed by atoms with Crippen molar-refractivity contribution < 1.29 is 28.2 Å². The molecule has 1 atom stereocenters. The quantitative estimate of drug-likeness (QED) is 0.842. The molecule has 0 radical (unpaired) electrons. The smallest absolute Gasteiger partial charge is 0.335 e. The number of carboxylic acids is 2. The van der Waals surface area contributed by atoms with Crippen LogP contribution in [0.2, 0.25) is 0 Å². The van der Waals surface area contributed by atoms with Gasteiger partial charge in [0.1, 0.15) is 5.75 Å². The van der Waals surface area contributed by atoms with Crippen molar-refractivity contribution in [2.75, 3.05) is 0 Å². The van der Waals surface area contributed by atoms with Gasteiger partial charge in [0, 0.05) is 0 Å². The molecule has 0 fully saturated rings. The molecule has 6 nitrogen and oxygen atoms in total. The molecular weight excluding hydrogens is 320 g/mol. The molecule has 0 aliphatic rings. The summed E-state index contributed by atoms with van der Waals surface area (Å²) in [6.45, 7) is 1.88. The van der Waals surface area contributed by atoms with Gasteiger partial charge in [0.2, 0.25) is 11.1 Å². The highest BCUT2D eigenvalue weighted by Crippen LogP contribution is 2.20. The molecule has 1 unspecified atom stereocenters. The SMILES string of the molecule is Cc1ccccc1CS(=O)Oc1cc(C(=O)O)cc(C(=O)O)c1. The first-order valence-electron chi connectivity index (χ1n) is 6.59. The molecule has 120 valence electrons. The first-order chi connectivity index (χ1) is 10.9. The van der Waals surface area contributed by atoms with E-state index in [9.17, 15) is 13.8 Å². The van der Waals surface area contributed by atoms with E-state index in [4.69, 9.17) is 14.4 Å². The van der Waals surface area contributed by atoms with Crippen LogP contribution in [0, 0.1) is 6.92 Å². The number of benzene rings is 2. The predicted octanol–water partition coefficient (Wildman–Crippen LogP) is 2.63. The van der Waals surface area contributed by atoms with Gasteiger partial charge in [-0.1, -0.05) is 24.3 Å². The van der Waals surface area contributed by atoms with Crippen LogP contribution in [0.1, 0.15) is 31.8 Å². The Balaban J connectivity index is 2.22. The average molecular weight is 334 g/mol. The minimum absolute atomic E-state index is 0.0609. The Hall–Kier alpha value is -2.67. The summed E-state index contributed by atoms with van der Waals surface area (Å²) in [4.78, 5) is 22.1. The van der Waals surface area contributed by atoms with Crippen molar-refractivity contribution in [3.63, 3.8) is 0 Å². The molecule has 0 amide bonds. The topological polar surface area (TPSA) is 101 Å². The molecule has 0 saturated heterocycles.